The molecule has 3 nitrogen and oxygen atoms in total. The van der Waals surface area contributed by atoms with E-state index in [0.29, 0.717) is 6.54 Å². The van der Waals surface area contributed by atoms with Crippen molar-refractivity contribution in [2.45, 2.75) is 57.5 Å². The first kappa shape index (κ1) is 14.9. The highest BCUT2D eigenvalue weighted by molar-refractivity contribution is 4.88. The fourth-order valence-electron chi connectivity index (χ4n) is 2.80. The molecule has 0 bridgehead atoms. The maximum absolute atomic E-state index is 6.04. The molecule has 0 radical (unpaired) electrons. The maximum atomic E-state index is 6.04. The molecule has 0 heterocycles. The molecule has 0 atom stereocenters. The summed E-state index contributed by atoms with van der Waals surface area (Å²) in [6, 6.07) is 0. The highest BCUT2D eigenvalue weighted by Crippen LogP contribution is 2.36. The van der Waals surface area contributed by atoms with E-state index in [0.717, 1.165) is 38.4 Å². The average Bonchev–Trinajstić information content (AvgIpc) is 2.37. The molecule has 1 aliphatic rings. The first-order chi connectivity index (χ1) is 8.26. The van der Waals surface area contributed by atoms with Gasteiger partial charge in [-0.05, 0) is 38.0 Å². The predicted molar refractivity (Wildman–Crippen MR) is 71.1 cm³/mol. The van der Waals surface area contributed by atoms with Gasteiger partial charge in [0, 0.05) is 26.9 Å². The van der Waals surface area contributed by atoms with Gasteiger partial charge in [0.05, 0.1) is 5.60 Å². The normalized spacial score (nSPS) is 29.5. The van der Waals surface area contributed by atoms with Gasteiger partial charge in [0.25, 0.3) is 0 Å². The predicted octanol–water partition coefficient (Wildman–Crippen LogP) is 2.73. The smallest absolute Gasteiger partial charge is 0.0804 e. The third-order valence-corrected chi connectivity index (χ3v) is 3.99. The molecule has 1 fully saturated rings. The molecule has 1 aliphatic carbocycles. The number of hydrogen-bond acceptors (Lipinski definition) is 3. The Bertz CT molecular complexity index is 183. The summed E-state index contributed by atoms with van der Waals surface area (Å²) < 4.78 is 11.1. The van der Waals surface area contributed by atoms with Crippen molar-refractivity contribution in [1.29, 1.82) is 0 Å². The van der Waals surface area contributed by atoms with Crippen LogP contribution in [0, 0.1) is 5.92 Å². The lowest BCUT2D eigenvalue weighted by Crippen LogP contribution is -2.44. The molecule has 0 aromatic carbocycles. The first-order valence-corrected chi connectivity index (χ1v) is 7.09. The molecule has 0 aliphatic heterocycles. The van der Waals surface area contributed by atoms with Gasteiger partial charge in [-0.3, -0.25) is 0 Å². The largest absolute Gasteiger partial charge is 0.385 e. The molecule has 0 spiro atoms. The van der Waals surface area contributed by atoms with Crippen LogP contribution in [-0.4, -0.2) is 32.5 Å². The van der Waals surface area contributed by atoms with Crippen molar-refractivity contribution in [3.05, 3.63) is 0 Å². The number of ether oxygens (including phenoxy) is 2. The van der Waals surface area contributed by atoms with Gasteiger partial charge < -0.3 is 15.2 Å². The van der Waals surface area contributed by atoms with E-state index in [-0.39, 0.29) is 5.60 Å². The van der Waals surface area contributed by atoms with Gasteiger partial charge in [-0.15, -0.1) is 0 Å². The Morgan fingerprint density at radius 2 is 1.94 bits per heavy atom. The van der Waals surface area contributed by atoms with E-state index in [1.165, 1.54) is 25.7 Å². The Hall–Kier alpha value is -0.120. The van der Waals surface area contributed by atoms with Crippen LogP contribution < -0.4 is 5.73 Å². The van der Waals surface area contributed by atoms with Crippen molar-refractivity contribution in [2.75, 3.05) is 26.9 Å². The summed E-state index contributed by atoms with van der Waals surface area (Å²) in [5.41, 5.74) is 5.89. The second-order valence-corrected chi connectivity index (χ2v) is 5.31. The van der Waals surface area contributed by atoms with Crippen LogP contribution in [0.5, 0.6) is 0 Å². The number of rotatable bonds is 8. The van der Waals surface area contributed by atoms with Crippen LogP contribution in [0.2, 0.25) is 0 Å². The van der Waals surface area contributed by atoms with Crippen molar-refractivity contribution in [2.24, 2.45) is 11.7 Å². The van der Waals surface area contributed by atoms with Gasteiger partial charge in [0.15, 0.2) is 0 Å². The fraction of sp³-hybridized carbons (Fsp3) is 1.00. The SMILES string of the molecule is CCCC1CCC(CN)(OCCCOC)CC1. The summed E-state index contributed by atoms with van der Waals surface area (Å²) in [5.74, 6) is 0.905. The molecule has 3 heteroatoms. The summed E-state index contributed by atoms with van der Waals surface area (Å²) in [5, 5.41) is 0. The topological polar surface area (TPSA) is 44.5 Å². The highest BCUT2D eigenvalue weighted by Gasteiger charge is 2.34. The number of methoxy groups -OCH3 is 1. The lowest BCUT2D eigenvalue weighted by Gasteiger charge is -2.39. The third kappa shape index (κ3) is 4.94. The Balaban J connectivity index is 2.28. The van der Waals surface area contributed by atoms with Gasteiger partial charge in [0.2, 0.25) is 0 Å². The zero-order chi connectivity index (χ0) is 12.6. The average molecular weight is 243 g/mol. The van der Waals surface area contributed by atoms with Crippen LogP contribution in [0.3, 0.4) is 0 Å². The number of hydrogen-bond donors (Lipinski definition) is 1. The zero-order valence-electron chi connectivity index (χ0n) is 11.5. The lowest BCUT2D eigenvalue weighted by atomic mass is 9.77. The van der Waals surface area contributed by atoms with Gasteiger partial charge in [-0.2, -0.15) is 0 Å². The molecule has 0 saturated heterocycles. The molecule has 0 aromatic heterocycles. The van der Waals surface area contributed by atoms with Gasteiger partial charge >= 0.3 is 0 Å². The van der Waals surface area contributed by atoms with Crippen molar-refractivity contribution in [1.82, 2.24) is 0 Å². The molecule has 0 aromatic rings. The molecule has 2 N–H and O–H groups in total. The summed E-state index contributed by atoms with van der Waals surface area (Å²) >= 11 is 0. The van der Waals surface area contributed by atoms with Crippen molar-refractivity contribution < 1.29 is 9.47 Å². The monoisotopic (exact) mass is 243 g/mol. The van der Waals surface area contributed by atoms with Gasteiger partial charge in [0.1, 0.15) is 0 Å². The quantitative estimate of drug-likeness (QED) is 0.667. The van der Waals surface area contributed by atoms with Crippen molar-refractivity contribution >= 4 is 0 Å². The Kier molecular flexibility index (Phi) is 7.09. The van der Waals surface area contributed by atoms with Crippen LogP contribution in [0.4, 0.5) is 0 Å². The lowest BCUT2D eigenvalue weighted by molar-refractivity contribution is -0.0758. The molecule has 0 unspecified atom stereocenters. The Labute approximate surface area is 106 Å². The fourth-order valence-corrected chi connectivity index (χ4v) is 2.80. The first-order valence-electron chi connectivity index (χ1n) is 7.09. The van der Waals surface area contributed by atoms with Crippen LogP contribution >= 0.6 is 0 Å². The summed E-state index contributed by atoms with van der Waals surface area (Å²) in [6.45, 7) is 4.49. The standard InChI is InChI=1S/C14H29NO2/c1-3-5-13-6-8-14(12-15,9-7-13)17-11-4-10-16-2/h13H,3-12,15H2,1-2H3. The van der Waals surface area contributed by atoms with E-state index < -0.39 is 0 Å². The van der Waals surface area contributed by atoms with E-state index in [4.69, 9.17) is 15.2 Å². The van der Waals surface area contributed by atoms with E-state index in [9.17, 15) is 0 Å². The highest BCUT2D eigenvalue weighted by atomic mass is 16.5. The minimum absolute atomic E-state index is 0.0298. The van der Waals surface area contributed by atoms with Crippen LogP contribution in [0.1, 0.15) is 51.9 Å². The minimum atomic E-state index is -0.0298. The molecule has 1 saturated carbocycles. The van der Waals surface area contributed by atoms with Crippen LogP contribution in [0.15, 0.2) is 0 Å². The summed E-state index contributed by atoms with van der Waals surface area (Å²) in [6.07, 6.45) is 8.49. The zero-order valence-corrected chi connectivity index (χ0v) is 11.5. The maximum Gasteiger partial charge on any atom is 0.0804 e. The molecule has 17 heavy (non-hydrogen) atoms. The van der Waals surface area contributed by atoms with Gasteiger partial charge in [-0.1, -0.05) is 19.8 Å². The summed E-state index contributed by atoms with van der Waals surface area (Å²) in [4.78, 5) is 0. The van der Waals surface area contributed by atoms with E-state index in [1.54, 1.807) is 7.11 Å². The van der Waals surface area contributed by atoms with Crippen molar-refractivity contribution in [3.8, 4) is 0 Å². The van der Waals surface area contributed by atoms with Crippen LogP contribution in [0.25, 0.3) is 0 Å². The van der Waals surface area contributed by atoms with Crippen LogP contribution in [-0.2, 0) is 9.47 Å². The third-order valence-electron chi connectivity index (χ3n) is 3.99. The van der Waals surface area contributed by atoms with E-state index >= 15 is 0 Å². The number of nitrogens with two attached hydrogens (primary N) is 1. The van der Waals surface area contributed by atoms with Crippen molar-refractivity contribution in [3.63, 3.8) is 0 Å². The van der Waals surface area contributed by atoms with E-state index in [1.807, 2.05) is 0 Å². The molecule has 0 amide bonds. The Morgan fingerprint density at radius 1 is 1.24 bits per heavy atom. The van der Waals surface area contributed by atoms with E-state index in [2.05, 4.69) is 6.92 Å². The molecular weight excluding hydrogens is 214 g/mol. The summed E-state index contributed by atoms with van der Waals surface area (Å²) in [7, 11) is 1.73. The minimum Gasteiger partial charge on any atom is -0.385 e. The molecule has 102 valence electrons. The molecular formula is C14H29NO2. The Morgan fingerprint density at radius 3 is 2.47 bits per heavy atom. The molecule has 1 rings (SSSR count). The second kappa shape index (κ2) is 8.06. The van der Waals surface area contributed by atoms with Gasteiger partial charge in [-0.25, -0.2) is 0 Å². The second-order valence-electron chi connectivity index (χ2n) is 5.31.